The summed E-state index contributed by atoms with van der Waals surface area (Å²) in [6.45, 7) is 9.12. The first kappa shape index (κ1) is 18.4. The molecule has 22 heavy (non-hydrogen) atoms. The first-order valence-electron chi connectivity index (χ1n) is 7.50. The summed E-state index contributed by atoms with van der Waals surface area (Å²) in [5.41, 5.74) is 0.627. The van der Waals surface area contributed by atoms with Crippen LogP contribution in [0.2, 0.25) is 0 Å². The molecule has 1 aromatic rings. The Hall–Kier alpha value is -1.66. The molecule has 0 spiro atoms. The average molecular weight is 310 g/mol. The van der Waals surface area contributed by atoms with E-state index in [4.69, 9.17) is 14.2 Å². The molecule has 6 heteroatoms. The lowest BCUT2D eigenvalue weighted by Gasteiger charge is -2.25. The minimum Gasteiger partial charge on any atom is -0.475 e. The summed E-state index contributed by atoms with van der Waals surface area (Å²) in [6.07, 6.45) is 2.16. The standard InChI is InChI=1S/C16H26N2O4/c1-6-16(4,20-5)15(19)18-13-10-12(3)14(17-11-13)22-9-8-21-7-2/h10-11H,6-9H2,1-5H3,(H,18,19)/t16-/m0/s1. The Kier molecular flexibility index (Phi) is 7.27. The van der Waals surface area contributed by atoms with Gasteiger partial charge in [0.05, 0.1) is 18.5 Å². The normalized spacial score (nSPS) is 13.5. The van der Waals surface area contributed by atoms with Gasteiger partial charge in [0.1, 0.15) is 12.2 Å². The molecule has 0 saturated heterocycles. The molecular formula is C16H26N2O4. The Labute approximate surface area is 132 Å². The van der Waals surface area contributed by atoms with Crippen molar-refractivity contribution in [2.45, 2.75) is 39.7 Å². The van der Waals surface area contributed by atoms with Gasteiger partial charge in [0.15, 0.2) is 0 Å². The summed E-state index contributed by atoms with van der Waals surface area (Å²) in [4.78, 5) is 16.5. The maximum atomic E-state index is 12.2. The summed E-state index contributed by atoms with van der Waals surface area (Å²) >= 11 is 0. The van der Waals surface area contributed by atoms with E-state index in [2.05, 4.69) is 10.3 Å². The van der Waals surface area contributed by atoms with E-state index in [1.54, 1.807) is 13.1 Å². The fraction of sp³-hybridized carbons (Fsp3) is 0.625. The maximum Gasteiger partial charge on any atom is 0.256 e. The summed E-state index contributed by atoms with van der Waals surface area (Å²) < 4.78 is 16.0. The van der Waals surface area contributed by atoms with E-state index in [0.29, 0.717) is 37.8 Å². The molecule has 0 aliphatic rings. The van der Waals surface area contributed by atoms with Crippen LogP contribution in [-0.4, -0.2) is 43.4 Å². The number of hydrogen-bond donors (Lipinski definition) is 1. The monoisotopic (exact) mass is 310 g/mol. The molecule has 6 nitrogen and oxygen atoms in total. The van der Waals surface area contributed by atoms with Crippen LogP contribution in [0.5, 0.6) is 5.88 Å². The zero-order valence-electron chi connectivity index (χ0n) is 14.1. The van der Waals surface area contributed by atoms with Crippen LogP contribution in [0.3, 0.4) is 0 Å². The van der Waals surface area contributed by atoms with Crippen molar-refractivity contribution >= 4 is 11.6 Å². The lowest BCUT2D eigenvalue weighted by atomic mass is 10.0. The van der Waals surface area contributed by atoms with Gasteiger partial charge in [0.2, 0.25) is 5.88 Å². The van der Waals surface area contributed by atoms with E-state index in [0.717, 1.165) is 5.56 Å². The van der Waals surface area contributed by atoms with Crippen LogP contribution in [-0.2, 0) is 14.3 Å². The average Bonchev–Trinajstić information content (AvgIpc) is 2.52. The second kappa shape index (κ2) is 8.70. The van der Waals surface area contributed by atoms with E-state index >= 15 is 0 Å². The number of carbonyl (C=O) groups is 1. The summed E-state index contributed by atoms with van der Waals surface area (Å²) in [5.74, 6) is 0.353. The quantitative estimate of drug-likeness (QED) is 0.710. The molecule has 0 aliphatic heterocycles. The number of methoxy groups -OCH3 is 1. The predicted molar refractivity (Wildman–Crippen MR) is 85.3 cm³/mol. The largest absolute Gasteiger partial charge is 0.475 e. The number of nitrogens with one attached hydrogen (secondary N) is 1. The Bertz CT molecular complexity index is 487. The summed E-state index contributed by atoms with van der Waals surface area (Å²) in [7, 11) is 1.53. The van der Waals surface area contributed by atoms with Gasteiger partial charge in [-0.25, -0.2) is 4.98 Å². The first-order chi connectivity index (χ1) is 10.5. The molecule has 0 unspecified atom stereocenters. The van der Waals surface area contributed by atoms with Crippen LogP contribution in [0.4, 0.5) is 5.69 Å². The number of pyridine rings is 1. The predicted octanol–water partition coefficient (Wildman–Crippen LogP) is 2.56. The third-order valence-corrected chi connectivity index (χ3v) is 3.56. The van der Waals surface area contributed by atoms with Crippen LogP contribution < -0.4 is 10.1 Å². The Morgan fingerprint density at radius 2 is 2.09 bits per heavy atom. The number of anilines is 1. The second-order valence-electron chi connectivity index (χ2n) is 5.13. The molecule has 1 atom stereocenters. The fourth-order valence-corrected chi connectivity index (χ4v) is 1.78. The lowest BCUT2D eigenvalue weighted by Crippen LogP contribution is -2.41. The molecular weight excluding hydrogens is 284 g/mol. The van der Waals surface area contributed by atoms with Gasteiger partial charge < -0.3 is 19.5 Å². The van der Waals surface area contributed by atoms with Crippen molar-refractivity contribution in [3.8, 4) is 5.88 Å². The number of rotatable bonds is 9. The third-order valence-electron chi connectivity index (χ3n) is 3.56. The van der Waals surface area contributed by atoms with Crippen molar-refractivity contribution in [2.75, 3.05) is 32.2 Å². The highest BCUT2D eigenvalue weighted by Gasteiger charge is 2.31. The van der Waals surface area contributed by atoms with E-state index in [1.807, 2.05) is 26.8 Å². The van der Waals surface area contributed by atoms with Gasteiger partial charge in [0, 0.05) is 19.3 Å². The van der Waals surface area contributed by atoms with Gasteiger partial charge in [-0.1, -0.05) is 6.92 Å². The van der Waals surface area contributed by atoms with Gasteiger partial charge in [-0.15, -0.1) is 0 Å². The van der Waals surface area contributed by atoms with Gasteiger partial charge in [-0.3, -0.25) is 4.79 Å². The van der Waals surface area contributed by atoms with Crippen LogP contribution in [0.25, 0.3) is 0 Å². The molecule has 1 rings (SSSR count). The smallest absolute Gasteiger partial charge is 0.256 e. The minimum atomic E-state index is -0.847. The molecule has 0 fully saturated rings. The zero-order chi connectivity index (χ0) is 16.6. The van der Waals surface area contributed by atoms with Crippen molar-refractivity contribution in [1.82, 2.24) is 4.98 Å². The highest BCUT2D eigenvalue weighted by molar-refractivity contribution is 5.96. The lowest BCUT2D eigenvalue weighted by molar-refractivity contribution is -0.136. The molecule has 0 bridgehead atoms. The van der Waals surface area contributed by atoms with Crippen molar-refractivity contribution in [3.05, 3.63) is 17.8 Å². The highest BCUT2D eigenvalue weighted by Crippen LogP contribution is 2.21. The van der Waals surface area contributed by atoms with E-state index in [-0.39, 0.29) is 5.91 Å². The van der Waals surface area contributed by atoms with Gasteiger partial charge >= 0.3 is 0 Å². The molecule has 0 saturated carbocycles. The molecule has 1 amide bonds. The van der Waals surface area contributed by atoms with Crippen LogP contribution in [0.15, 0.2) is 12.3 Å². The number of nitrogens with zero attached hydrogens (tertiary/aromatic N) is 1. The van der Waals surface area contributed by atoms with Gasteiger partial charge in [-0.2, -0.15) is 0 Å². The van der Waals surface area contributed by atoms with Crippen molar-refractivity contribution in [3.63, 3.8) is 0 Å². The second-order valence-corrected chi connectivity index (χ2v) is 5.13. The number of hydrogen-bond acceptors (Lipinski definition) is 5. The van der Waals surface area contributed by atoms with E-state index < -0.39 is 5.60 Å². The van der Waals surface area contributed by atoms with Gasteiger partial charge in [-0.05, 0) is 33.3 Å². The van der Waals surface area contributed by atoms with Crippen LogP contribution in [0, 0.1) is 6.92 Å². The van der Waals surface area contributed by atoms with Crippen LogP contribution >= 0.6 is 0 Å². The maximum absolute atomic E-state index is 12.2. The first-order valence-corrected chi connectivity index (χ1v) is 7.50. The number of aromatic nitrogens is 1. The molecule has 0 aromatic carbocycles. The summed E-state index contributed by atoms with van der Waals surface area (Å²) in [5, 5.41) is 2.82. The topological polar surface area (TPSA) is 69.7 Å². The Morgan fingerprint density at radius 1 is 1.36 bits per heavy atom. The third kappa shape index (κ3) is 4.96. The molecule has 0 radical (unpaired) electrons. The SMILES string of the molecule is CCOCCOc1ncc(NC(=O)[C@](C)(CC)OC)cc1C. The number of ether oxygens (including phenoxy) is 3. The zero-order valence-corrected chi connectivity index (χ0v) is 14.1. The summed E-state index contributed by atoms with van der Waals surface area (Å²) in [6, 6.07) is 1.83. The fourth-order valence-electron chi connectivity index (χ4n) is 1.78. The van der Waals surface area contributed by atoms with E-state index in [9.17, 15) is 4.79 Å². The Morgan fingerprint density at radius 3 is 2.64 bits per heavy atom. The Balaban J connectivity index is 2.67. The molecule has 1 N–H and O–H groups in total. The van der Waals surface area contributed by atoms with Crippen molar-refractivity contribution in [2.24, 2.45) is 0 Å². The highest BCUT2D eigenvalue weighted by atomic mass is 16.5. The molecule has 1 aromatic heterocycles. The number of aryl methyl sites for hydroxylation is 1. The molecule has 124 valence electrons. The molecule has 0 aliphatic carbocycles. The minimum absolute atomic E-state index is 0.191. The van der Waals surface area contributed by atoms with Crippen molar-refractivity contribution < 1.29 is 19.0 Å². The number of carbonyl (C=O) groups excluding carboxylic acids is 1. The number of amides is 1. The van der Waals surface area contributed by atoms with E-state index in [1.165, 1.54) is 7.11 Å². The van der Waals surface area contributed by atoms with Gasteiger partial charge in [0.25, 0.3) is 5.91 Å². The van der Waals surface area contributed by atoms with Crippen molar-refractivity contribution in [1.29, 1.82) is 0 Å². The van der Waals surface area contributed by atoms with Crippen LogP contribution in [0.1, 0.15) is 32.8 Å². The molecule has 1 heterocycles.